The van der Waals surface area contributed by atoms with Crippen LogP contribution in [0, 0.1) is 0 Å². The van der Waals surface area contributed by atoms with E-state index >= 15 is 0 Å². The van der Waals surface area contributed by atoms with Crippen LogP contribution in [0.3, 0.4) is 0 Å². The predicted octanol–water partition coefficient (Wildman–Crippen LogP) is 2.50. The lowest BCUT2D eigenvalue weighted by Gasteiger charge is -2.08. The number of aliphatic hydroxyl groups is 1. The highest BCUT2D eigenvalue weighted by Gasteiger charge is 2.09. The van der Waals surface area contributed by atoms with E-state index in [2.05, 4.69) is 16.9 Å². The van der Waals surface area contributed by atoms with E-state index in [1.54, 1.807) is 12.1 Å². The number of aryl methyl sites for hydroxylation is 1. The van der Waals surface area contributed by atoms with E-state index in [-0.39, 0.29) is 5.90 Å². The summed E-state index contributed by atoms with van der Waals surface area (Å²) in [5.41, 5.74) is 1.75. The van der Waals surface area contributed by atoms with E-state index in [4.69, 9.17) is 9.84 Å². The first-order valence-corrected chi connectivity index (χ1v) is 5.66. The molecule has 0 aliphatic rings. The maximum atomic E-state index is 12.0. The fourth-order valence-electron chi connectivity index (χ4n) is 1.26. The minimum atomic E-state index is -2.54. The van der Waals surface area contributed by atoms with Gasteiger partial charge in [-0.15, -0.1) is 5.10 Å². The molecule has 0 spiro atoms. The van der Waals surface area contributed by atoms with E-state index in [0.29, 0.717) is 5.56 Å². The van der Waals surface area contributed by atoms with E-state index in [0.717, 1.165) is 19.1 Å². The largest absolute Gasteiger partial charge is 0.470 e. The lowest BCUT2D eigenvalue weighted by atomic mass is 10.1. The van der Waals surface area contributed by atoms with Gasteiger partial charge in [0.15, 0.2) is 6.61 Å². The summed E-state index contributed by atoms with van der Waals surface area (Å²) in [6.07, 6.45) is -1.63. The van der Waals surface area contributed by atoms with Crippen molar-refractivity contribution >= 4 is 12.6 Å². The van der Waals surface area contributed by atoms with Crippen molar-refractivity contribution in [2.45, 2.75) is 19.8 Å². The van der Waals surface area contributed by atoms with Crippen molar-refractivity contribution in [1.82, 2.24) is 0 Å². The Morgan fingerprint density at radius 3 is 2.32 bits per heavy atom. The summed E-state index contributed by atoms with van der Waals surface area (Å²) >= 11 is 0. The van der Waals surface area contributed by atoms with Crippen molar-refractivity contribution in [3.05, 3.63) is 35.4 Å². The van der Waals surface area contributed by atoms with Gasteiger partial charge in [0, 0.05) is 19.4 Å². The fraction of sp³-hybridized carbons (Fsp3) is 0.385. The van der Waals surface area contributed by atoms with Crippen LogP contribution in [0.2, 0.25) is 0 Å². The van der Waals surface area contributed by atoms with Crippen LogP contribution in [0.25, 0.3) is 0 Å². The topological polar surface area (TPSA) is 54.2 Å². The second kappa shape index (κ2) is 10.1. The number of hydrogen-bond donors (Lipinski definition) is 1. The van der Waals surface area contributed by atoms with Gasteiger partial charge >= 0.3 is 0 Å². The van der Waals surface area contributed by atoms with E-state index < -0.39 is 13.0 Å². The molecule has 0 bridgehead atoms. The summed E-state index contributed by atoms with van der Waals surface area (Å²) in [4.78, 5) is 0. The molecule has 4 nitrogen and oxygen atoms in total. The number of aliphatic hydroxyl groups excluding tert-OH is 1. The van der Waals surface area contributed by atoms with Crippen molar-refractivity contribution in [2.75, 3.05) is 13.7 Å². The molecule has 0 aromatic heterocycles. The molecule has 0 radical (unpaired) electrons. The zero-order valence-electron chi connectivity index (χ0n) is 11.0. The van der Waals surface area contributed by atoms with E-state index in [1.165, 1.54) is 0 Å². The molecule has 0 saturated heterocycles. The molecule has 1 aromatic rings. The molecule has 1 rings (SSSR count). The Morgan fingerprint density at radius 1 is 1.32 bits per heavy atom. The predicted molar refractivity (Wildman–Crippen MR) is 72.0 cm³/mol. The van der Waals surface area contributed by atoms with Gasteiger partial charge in [-0.1, -0.05) is 19.1 Å². The van der Waals surface area contributed by atoms with Crippen LogP contribution in [0.15, 0.2) is 34.5 Å². The number of rotatable bonds is 5. The Balaban J connectivity index is 0.00000154. The number of alkyl halides is 2. The van der Waals surface area contributed by atoms with Gasteiger partial charge in [-0.3, -0.25) is 0 Å². The quantitative estimate of drug-likeness (QED) is 0.508. The molecule has 0 saturated carbocycles. The van der Waals surface area contributed by atoms with Gasteiger partial charge in [0.25, 0.3) is 6.43 Å². The second-order valence-corrected chi connectivity index (χ2v) is 3.30. The molecule has 1 N–H and O–H groups in total. The molecule has 0 fully saturated rings. The highest BCUT2D eigenvalue weighted by atomic mass is 19.3. The molecule has 0 aliphatic carbocycles. The zero-order valence-corrected chi connectivity index (χ0v) is 11.0. The number of halogens is 2. The van der Waals surface area contributed by atoms with Crippen molar-refractivity contribution in [2.24, 2.45) is 10.2 Å². The molecule has 0 unspecified atom stereocenters. The minimum Gasteiger partial charge on any atom is -0.470 e. The molecule has 0 amide bonds. The average Bonchev–Trinajstić information content (AvgIpc) is 2.45. The van der Waals surface area contributed by atoms with Gasteiger partial charge in [-0.05, 0) is 24.1 Å². The summed E-state index contributed by atoms with van der Waals surface area (Å²) in [5, 5.41) is 13.9. The first-order valence-electron chi connectivity index (χ1n) is 5.66. The highest BCUT2D eigenvalue weighted by molar-refractivity contribution is 5.94. The Morgan fingerprint density at radius 2 is 1.89 bits per heavy atom. The molecule has 0 atom stereocenters. The Kier molecular flexibility index (Phi) is 9.16. The van der Waals surface area contributed by atoms with Crippen LogP contribution in [0.5, 0.6) is 0 Å². The molecule has 1 aromatic carbocycles. The van der Waals surface area contributed by atoms with E-state index in [9.17, 15) is 8.78 Å². The number of ether oxygens (including phenoxy) is 1. The molecule has 0 heterocycles. The molecule has 19 heavy (non-hydrogen) atoms. The monoisotopic (exact) mass is 272 g/mol. The van der Waals surface area contributed by atoms with Crippen LogP contribution < -0.4 is 0 Å². The molecular formula is C13H18F2N2O2. The SMILES string of the molecule is C=N/N=C(\OCC(F)F)c1ccc(CC)cc1.CO. The van der Waals surface area contributed by atoms with Gasteiger partial charge in [0.2, 0.25) is 5.90 Å². The van der Waals surface area contributed by atoms with Gasteiger partial charge in [-0.2, -0.15) is 5.10 Å². The first-order chi connectivity index (χ1) is 9.17. The van der Waals surface area contributed by atoms with E-state index in [1.807, 2.05) is 19.1 Å². The third-order valence-corrected chi connectivity index (χ3v) is 2.12. The summed E-state index contributed by atoms with van der Waals surface area (Å²) in [6.45, 7) is 4.51. The summed E-state index contributed by atoms with van der Waals surface area (Å²) in [5.74, 6) is 0.0583. The maximum Gasteiger partial charge on any atom is 0.272 e. The average molecular weight is 272 g/mol. The number of nitrogens with zero attached hydrogens (tertiary/aromatic N) is 2. The Hall–Kier alpha value is -1.82. The molecule has 106 valence electrons. The minimum absolute atomic E-state index is 0.0583. The van der Waals surface area contributed by atoms with Gasteiger partial charge in [0.1, 0.15) is 0 Å². The van der Waals surface area contributed by atoms with Crippen LogP contribution in [0.1, 0.15) is 18.1 Å². The van der Waals surface area contributed by atoms with Crippen LogP contribution >= 0.6 is 0 Å². The zero-order chi connectivity index (χ0) is 14.7. The summed E-state index contributed by atoms with van der Waals surface area (Å²) in [7, 11) is 1.00. The normalized spacial score (nSPS) is 10.7. The lowest BCUT2D eigenvalue weighted by Crippen LogP contribution is -2.12. The van der Waals surface area contributed by atoms with Gasteiger partial charge in [0.05, 0.1) is 0 Å². The standard InChI is InChI=1S/C12H14F2N2O.CH4O/c1-3-9-4-6-10(7-5-9)12(16-15-2)17-8-11(13)14;1-2/h4-7,11H,2-3,8H2,1H3;2H,1H3/b16-12-;. The maximum absolute atomic E-state index is 12.0. The Bertz CT molecular complexity index is 392. The molecule has 6 heteroatoms. The van der Waals surface area contributed by atoms with Crippen molar-refractivity contribution in [3.63, 3.8) is 0 Å². The lowest BCUT2D eigenvalue weighted by molar-refractivity contribution is 0.0765. The van der Waals surface area contributed by atoms with Crippen LogP contribution in [-0.2, 0) is 11.2 Å². The van der Waals surface area contributed by atoms with Gasteiger partial charge < -0.3 is 9.84 Å². The van der Waals surface area contributed by atoms with Crippen LogP contribution in [0.4, 0.5) is 8.78 Å². The highest BCUT2D eigenvalue weighted by Crippen LogP contribution is 2.08. The summed E-state index contributed by atoms with van der Waals surface area (Å²) < 4.78 is 29.0. The van der Waals surface area contributed by atoms with Crippen LogP contribution in [-0.4, -0.2) is 37.9 Å². The molecule has 0 aliphatic heterocycles. The fourth-order valence-corrected chi connectivity index (χ4v) is 1.26. The Labute approximate surface area is 111 Å². The smallest absolute Gasteiger partial charge is 0.272 e. The first kappa shape index (κ1) is 17.2. The number of hydrogen-bond acceptors (Lipinski definition) is 4. The van der Waals surface area contributed by atoms with Crippen molar-refractivity contribution < 1.29 is 18.6 Å². The molecular weight excluding hydrogens is 254 g/mol. The second-order valence-electron chi connectivity index (χ2n) is 3.30. The third-order valence-electron chi connectivity index (χ3n) is 2.12. The van der Waals surface area contributed by atoms with Gasteiger partial charge in [-0.25, -0.2) is 8.78 Å². The third kappa shape index (κ3) is 6.61. The van der Waals surface area contributed by atoms with Crippen molar-refractivity contribution in [3.8, 4) is 0 Å². The van der Waals surface area contributed by atoms with Crippen molar-refractivity contribution in [1.29, 1.82) is 0 Å². The number of benzene rings is 1. The summed E-state index contributed by atoms with van der Waals surface area (Å²) in [6, 6.07) is 7.29.